The molecule has 98 valence electrons. The fraction of sp³-hybridized carbons (Fsp3) is 0.538. The monoisotopic (exact) mass is 250 g/mol. The highest BCUT2D eigenvalue weighted by Crippen LogP contribution is 2.31. The van der Waals surface area contributed by atoms with Crippen LogP contribution in [0, 0.1) is 0 Å². The predicted molar refractivity (Wildman–Crippen MR) is 67.9 cm³/mol. The van der Waals surface area contributed by atoms with Crippen molar-refractivity contribution in [2.24, 2.45) is 0 Å². The summed E-state index contributed by atoms with van der Waals surface area (Å²) >= 11 is 0. The van der Waals surface area contributed by atoms with Gasteiger partial charge in [0.15, 0.2) is 0 Å². The van der Waals surface area contributed by atoms with Crippen LogP contribution in [-0.4, -0.2) is 40.4 Å². The third kappa shape index (κ3) is 2.61. The molecule has 0 aromatic carbocycles. The Labute approximate surface area is 106 Å². The van der Waals surface area contributed by atoms with E-state index in [1.165, 1.54) is 12.6 Å². The SMILES string of the molecule is O=C(O)c1cnccc1N(CCCO)C1CCC1. The smallest absolute Gasteiger partial charge is 0.339 e. The highest BCUT2D eigenvalue weighted by atomic mass is 16.4. The topological polar surface area (TPSA) is 73.7 Å². The van der Waals surface area contributed by atoms with E-state index in [0.29, 0.717) is 19.0 Å². The van der Waals surface area contributed by atoms with Crippen LogP contribution in [-0.2, 0) is 0 Å². The molecule has 1 saturated carbocycles. The highest BCUT2D eigenvalue weighted by Gasteiger charge is 2.27. The Hall–Kier alpha value is -1.62. The second-order valence-corrected chi connectivity index (χ2v) is 4.55. The van der Waals surface area contributed by atoms with Gasteiger partial charge in [-0.3, -0.25) is 4.98 Å². The van der Waals surface area contributed by atoms with Crippen molar-refractivity contribution in [2.75, 3.05) is 18.1 Å². The largest absolute Gasteiger partial charge is 0.478 e. The zero-order chi connectivity index (χ0) is 13.0. The summed E-state index contributed by atoms with van der Waals surface area (Å²) in [6.45, 7) is 0.808. The summed E-state index contributed by atoms with van der Waals surface area (Å²) < 4.78 is 0. The molecular weight excluding hydrogens is 232 g/mol. The minimum atomic E-state index is -0.952. The molecule has 1 aromatic rings. The number of aromatic nitrogens is 1. The maximum absolute atomic E-state index is 11.2. The number of aromatic carboxylic acids is 1. The van der Waals surface area contributed by atoms with Gasteiger partial charge in [0.25, 0.3) is 0 Å². The third-order valence-corrected chi connectivity index (χ3v) is 3.41. The van der Waals surface area contributed by atoms with Crippen molar-refractivity contribution in [1.29, 1.82) is 0 Å². The number of aliphatic hydroxyl groups is 1. The molecule has 0 atom stereocenters. The molecule has 1 aliphatic carbocycles. The number of pyridine rings is 1. The molecule has 18 heavy (non-hydrogen) atoms. The van der Waals surface area contributed by atoms with Gasteiger partial charge in [0.05, 0.1) is 5.69 Å². The number of aliphatic hydroxyl groups excluding tert-OH is 1. The maximum atomic E-state index is 11.2. The normalized spacial score (nSPS) is 15.2. The van der Waals surface area contributed by atoms with Gasteiger partial charge in [0.1, 0.15) is 5.56 Å². The Balaban J connectivity index is 2.25. The zero-order valence-electron chi connectivity index (χ0n) is 10.2. The molecule has 0 unspecified atom stereocenters. The molecule has 1 heterocycles. The summed E-state index contributed by atoms with van der Waals surface area (Å²) in [5, 5.41) is 18.2. The van der Waals surface area contributed by atoms with E-state index in [9.17, 15) is 9.90 Å². The Morgan fingerprint density at radius 1 is 1.50 bits per heavy atom. The fourth-order valence-corrected chi connectivity index (χ4v) is 2.24. The van der Waals surface area contributed by atoms with E-state index in [1.54, 1.807) is 12.3 Å². The number of carboxylic acids is 1. The van der Waals surface area contributed by atoms with Gasteiger partial charge in [-0.05, 0) is 31.7 Å². The number of carboxylic acid groups (broad SMARTS) is 1. The molecule has 0 radical (unpaired) electrons. The lowest BCUT2D eigenvalue weighted by Gasteiger charge is -2.39. The summed E-state index contributed by atoms with van der Waals surface area (Å²) in [4.78, 5) is 17.2. The Morgan fingerprint density at radius 2 is 2.28 bits per heavy atom. The summed E-state index contributed by atoms with van der Waals surface area (Å²) in [5.74, 6) is -0.952. The number of carbonyl (C=O) groups is 1. The second kappa shape index (κ2) is 5.82. The molecular formula is C13H18N2O3. The van der Waals surface area contributed by atoms with Gasteiger partial charge in [0.2, 0.25) is 0 Å². The average molecular weight is 250 g/mol. The van der Waals surface area contributed by atoms with E-state index in [4.69, 9.17) is 5.11 Å². The maximum Gasteiger partial charge on any atom is 0.339 e. The molecule has 1 aliphatic rings. The standard InChI is InChI=1S/C13H18N2O3/c16-8-2-7-15(10-3-1-4-10)12-5-6-14-9-11(12)13(17)18/h5-6,9-10,16H,1-4,7-8H2,(H,17,18). The minimum Gasteiger partial charge on any atom is -0.478 e. The number of anilines is 1. The van der Waals surface area contributed by atoms with Gasteiger partial charge in [-0.25, -0.2) is 4.79 Å². The summed E-state index contributed by atoms with van der Waals surface area (Å²) in [5.41, 5.74) is 0.956. The molecule has 1 aromatic heterocycles. The lowest BCUT2D eigenvalue weighted by molar-refractivity contribution is 0.0697. The van der Waals surface area contributed by atoms with Crippen LogP contribution in [0.1, 0.15) is 36.0 Å². The number of rotatable bonds is 6. The van der Waals surface area contributed by atoms with Gasteiger partial charge < -0.3 is 15.1 Å². The summed E-state index contributed by atoms with van der Waals surface area (Å²) in [6.07, 6.45) is 7.03. The molecule has 5 heteroatoms. The van der Waals surface area contributed by atoms with Crippen molar-refractivity contribution < 1.29 is 15.0 Å². The average Bonchev–Trinajstić information content (AvgIpc) is 2.32. The van der Waals surface area contributed by atoms with Gasteiger partial charge in [-0.2, -0.15) is 0 Å². The van der Waals surface area contributed by atoms with E-state index < -0.39 is 5.97 Å². The third-order valence-electron chi connectivity index (χ3n) is 3.41. The van der Waals surface area contributed by atoms with Crippen LogP contribution < -0.4 is 4.90 Å². The Morgan fingerprint density at radius 3 is 2.83 bits per heavy atom. The molecule has 2 N–H and O–H groups in total. The van der Waals surface area contributed by atoms with E-state index >= 15 is 0 Å². The number of nitrogens with zero attached hydrogens (tertiary/aromatic N) is 2. The first kappa shape index (κ1) is 12.8. The first-order valence-electron chi connectivity index (χ1n) is 6.29. The van der Waals surface area contributed by atoms with Crippen molar-refractivity contribution in [3.8, 4) is 0 Å². The molecule has 5 nitrogen and oxygen atoms in total. The van der Waals surface area contributed by atoms with Crippen LogP contribution in [0.25, 0.3) is 0 Å². The molecule has 2 rings (SSSR count). The van der Waals surface area contributed by atoms with Crippen molar-refractivity contribution in [1.82, 2.24) is 4.98 Å². The minimum absolute atomic E-state index is 0.122. The van der Waals surface area contributed by atoms with Gasteiger partial charge >= 0.3 is 5.97 Å². The summed E-state index contributed by atoms with van der Waals surface area (Å²) in [6, 6.07) is 2.15. The van der Waals surface area contributed by atoms with Crippen LogP contribution >= 0.6 is 0 Å². The van der Waals surface area contributed by atoms with E-state index in [0.717, 1.165) is 18.5 Å². The van der Waals surface area contributed by atoms with Crippen molar-refractivity contribution >= 4 is 11.7 Å². The van der Waals surface area contributed by atoms with Gasteiger partial charge in [-0.15, -0.1) is 0 Å². The zero-order valence-corrected chi connectivity index (χ0v) is 10.2. The van der Waals surface area contributed by atoms with Gasteiger partial charge in [-0.1, -0.05) is 0 Å². The van der Waals surface area contributed by atoms with Gasteiger partial charge in [0, 0.05) is 31.6 Å². The highest BCUT2D eigenvalue weighted by molar-refractivity contribution is 5.94. The molecule has 0 amide bonds. The van der Waals surface area contributed by atoms with E-state index in [2.05, 4.69) is 9.88 Å². The molecule has 0 spiro atoms. The van der Waals surface area contributed by atoms with Crippen LogP contribution in [0.5, 0.6) is 0 Å². The molecule has 0 bridgehead atoms. The first-order valence-corrected chi connectivity index (χ1v) is 6.29. The van der Waals surface area contributed by atoms with Crippen LogP contribution in [0.4, 0.5) is 5.69 Å². The summed E-state index contributed by atoms with van der Waals surface area (Å²) in [7, 11) is 0. The predicted octanol–water partition coefficient (Wildman–Crippen LogP) is 1.52. The van der Waals surface area contributed by atoms with Crippen molar-refractivity contribution in [3.05, 3.63) is 24.0 Å². The van der Waals surface area contributed by atoms with Crippen molar-refractivity contribution in [3.63, 3.8) is 0 Å². The lowest BCUT2D eigenvalue weighted by Crippen LogP contribution is -2.42. The molecule has 0 saturated heterocycles. The second-order valence-electron chi connectivity index (χ2n) is 4.55. The first-order chi connectivity index (χ1) is 8.74. The number of hydrogen-bond donors (Lipinski definition) is 2. The Kier molecular flexibility index (Phi) is 4.15. The van der Waals surface area contributed by atoms with Crippen molar-refractivity contribution in [2.45, 2.75) is 31.7 Å². The van der Waals surface area contributed by atoms with Crippen LogP contribution in [0.2, 0.25) is 0 Å². The Bertz CT molecular complexity index is 418. The number of hydrogen-bond acceptors (Lipinski definition) is 4. The van der Waals surface area contributed by atoms with Crippen LogP contribution in [0.3, 0.4) is 0 Å². The fourth-order valence-electron chi connectivity index (χ4n) is 2.24. The van der Waals surface area contributed by atoms with E-state index in [-0.39, 0.29) is 12.2 Å². The molecule has 1 fully saturated rings. The van der Waals surface area contributed by atoms with E-state index in [1.807, 2.05) is 0 Å². The quantitative estimate of drug-likeness (QED) is 0.800. The lowest BCUT2D eigenvalue weighted by atomic mass is 9.90. The van der Waals surface area contributed by atoms with Crippen LogP contribution in [0.15, 0.2) is 18.5 Å². The molecule has 0 aliphatic heterocycles.